The normalized spacial score (nSPS) is 9.86. The summed E-state index contributed by atoms with van der Waals surface area (Å²) >= 11 is 1.25. The largest absolute Gasteiger partial charge is 0.393 e. The highest BCUT2D eigenvalue weighted by Gasteiger charge is 2.22. The van der Waals surface area contributed by atoms with E-state index in [9.17, 15) is 14.9 Å². The zero-order chi connectivity index (χ0) is 15.4. The molecule has 8 heteroatoms. The van der Waals surface area contributed by atoms with Crippen molar-refractivity contribution in [2.75, 3.05) is 17.2 Å². The Morgan fingerprint density at radius 1 is 1.57 bits per heavy atom. The molecule has 7 nitrogen and oxygen atoms in total. The third-order valence-electron chi connectivity index (χ3n) is 2.62. The van der Waals surface area contributed by atoms with Crippen LogP contribution in [0.4, 0.5) is 16.5 Å². The van der Waals surface area contributed by atoms with Gasteiger partial charge in [-0.2, -0.15) is 0 Å². The van der Waals surface area contributed by atoms with Gasteiger partial charge in [-0.1, -0.05) is 5.92 Å². The minimum absolute atomic E-state index is 0.00528. The second-order valence-electron chi connectivity index (χ2n) is 3.94. The molecule has 0 atom stereocenters. The number of nitrogens with two attached hydrogens (primary N) is 1. The molecule has 1 amide bonds. The number of rotatable bonds is 4. The first kappa shape index (κ1) is 14.5. The molecule has 0 aliphatic carbocycles. The van der Waals surface area contributed by atoms with Crippen LogP contribution in [0.25, 0.3) is 0 Å². The summed E-state index contributed by atoms with van der Waals surface area (Å²) in [5.41, 5.74) is 5.31. The zero-order valence-electron chi connectivity index (χ0n) is 10.7. The molecule has 2 N–H and O–H groups in total. The van der Waals surface area contributed by atoms with Crippen LogP contribution in [0.15, 0.2) is 29.8 Å². The van der Waals surface area contributed by atoms with Gasteiger partial charge in [-0.3, -0.25) is 19.8 Å². The van der Waals surface area contributed by atoms with Gasteiger partial charge in [0.25, 0.3) is 11.6 Å². The van der Waals surface area contributed by atoms with Gasteiger partial charge < -0.3 is 5.73 Å². The number of nitro groups is 1. The van der Waals surface area contributed by atoms with Gasteiger partial charge in [0.2, 0.25) is 0 Å². The van der Waals surface area contributed by atoms with E-state index in [2.05, 4.69) is 10.9 Å². The Bertz CT molecular complexity index is 722. The van der Waals surface area contributed by atoms with Gasteiger partial charge in [0.05, 0.1) is 11.5 Å². The van der Waals surface area contributed by atoms with E-state index in [1.807, 2.05) is 0 Å². The molecule has 21 heavy (non-hydrogen) atoms. The van der Waals surface area contributed by atoms with E-state index in [1.165, 1.54) is 28.4 Å². The van der Waals surface area contributed by atoms with Crippen molar-refractivity contribution in [1.82, 2.24) is 4.98 Å². The molecule has 0 saturated heterocycles. The monoisotopic (exact) mass is 302 g/mol. The lowest BCUT2D eigenvalue weighted by Crippen LogP contribution is -2.31. The topological polar surface area (TPSA) is 102 Å². The van der Waals surface area contributed by atoms with Gasteiger partial charge in [-0.05, 0) is 12.1 Å². The summed E-state index contributed by atoms with van der Waals surface area (Å²) in [5.74, 6) is 1.90. The van der Waals surface area contributed by atoms with Crippen molar-refractivity contribution in [3.8, 4) is 12.3 Å². The lowest BCUT2D eigenvalue weighted by atomic mass is 10.1. The predicted octanol–water partition coefficient (Wildman–Crippen LogP) is 1.91. The molecule has 1 aromatic heterocycles. The number of nitrogens with zero attached hydrogens (tertiary/aromatic N) is 3. The number of thiazole rings is 1. The number of nitrogen functional groups attached to an aromatic ring is 1. The van der Waals surface area contributed by atoms with E-state index in [0.29, 0.717) is 5.13 Å². The molecule has 2 aromatic rings. The number of aromatic nitrogens is 1. The van der Waals surface area contributed by atoms with Gasteiger partial charge in [0, 0.05) is 23.2 Å². The molecular formula is C13H10N4O3S. The number of amides is 1. The van der Waals surface area contributed by atoms with Gasteiger partial charge in [-0.25, -0.2) is 4.98 Å². The lowest BCUT2D eigenvalue weighted by molar-refractivity contribution is -0.383. The molecule has 2 rings (SSSR count). The van der Waals surface area contributed by atoms with Crippen molar-refractivity contribution < 1.29 is 9.72 Å². The standard InChI is InChI=1S/C13H10N4O3S/c1-2-6-16(13-15-5-7-21-13)12(18)9-3-4-10(14)11(8-9)17(19)20/h1,3-5,7-8H,6,14H2. The van der Waals surface area contributed by atoms with E-state index in [-0.39, 0.29) is 23.5 Å². The van der Waals surface area contributed by atoms with Crippen LogP contribution in [-0.4, -0.2) is 22.4 Å². The van der Waals surface area contributed by atoms with Gasteiger partial charge >= 0.3 is 0 Å². The minimum atomic E-state index is -0.638. The third kappa shape index (κ3) is 2.98. The summed E-state index contributed by atoms with van der Waals surface area (Å²) < 4.78 is 0. The Hall–Kier alpha value is -2.92. The Balaban J connectivity index is 2.40. The molecule has 0 spiro atoms. The molecule has 0 aliphatic rings. The fourth-order valence-electron chi connectivity index (χ4n) is 1.66. The fraction of sp³-hybridized carbons (Fsp3) is 0.0769. The van der Waals surface area contributed by atoms with Crippen molar-refractivity contribution in [3.05, 3.63) is 45.5 Å². The smallest absolute Gasteiger partial charge is 0.292 e. The second-order valence-corrected chi connectivity index (χ2v) is 4.81. The molecule has 1 heterocycles. The van der Waals surface area contributed by atoms with Crippen LogP contribution in [0, 0.1) is 22.5 Å². The zero-order valence-corrected chi connectivity index (χ0v) is 11.5. The first-order valence-electron chi connectivity index (χ1n) is 5.73. The predicted molar refractivity (Wildman–Crippen MR) is 80.1 cm³/mol. The van der Waals surface area contributed by atoms with Crippen molar-refractivity contribution in [3.63, 3.8) is 0 Å². The highest BCUT2D eigenvalue weighted by molar-refractivity contribution is 7.13. The molecule has 0 fully saturated rings. The van der Waals surface area contributed by atoms with Crippen molar-refractivity contribution in [2.24, 2.45) is 0 Å². The molecular weight excluding hydrogens is 292 g/mol. The number of nitro benzene ring substituents is 1. The Kier molecular flexibility index (Phi) is 4.15. The third-order valence-corrected chi connectivity index (χ3v) is 3.41. The van der Waals surface area contributed by atoms with Gasteiger partial charge in [-0.15, -0.1) is 17.8 Å². The van der Waals surface area contributed by atoms with Crippen LogP contribution in [0.3, 0.4) is 0 Å². The number of terminal acetylenes is 1. The summed E-state index contributed by atoms with van der Waals surface area (Å²) in [4.78, 5) is 28.0. The highest BCUT2D eigenvalue weighted by Crippen LogP contribution is 2.25. The Morgan fingerprint density at radius 2 is 2.33 bits per heavy atom. The van der Waals surface area contributed by atoms with E-state index in [4.69, 9.17) is 12.2 Å². The highest BCUT2D eigenvalue weighted by atomic mass is 32.1. The first-order chi connectivity index (χ1) is 10.0. The SMILES string of the molecule is C#CCN(C(=O)c1ccc(N)c([N+](=O)[O-])c1)c1nccs1. The Labute approximate surface area is 124 Å². The average molecular weight is 302 g/mol. The molecule has 0 aliphatic heterocycles. The summed E-state index contributed by atoms with van der Waals surface area (Å²) in [6, 6.07) is 3.87. The van der Waals surface area contributed by atoms with Crippen LogP contribution < -0.4 is 10.6 Å². The van der Waals surface area contributed by atoms with Crippen molar-refractivity contribution >= 4 is 33.8 Å². The molecule has 0 bridgehead atoms. The van der Waals surface area contributed by atoms with Crippen LogP contribution in [0.5, 0.6) is 0 Å². The van der Waals surface area contributed by atoms with E-state index in [0.717, 1.165) is 6.07 Å². The van der Waals surface area contributed by atoms with Crippen LogP contribution in [-0.2, 0) is 0 Å². The first-order valence-corrected chi connectivity index (χ1v) is 6.61. The number of anilines is 2. The number of hydrogen-bond donors (Lipinski definition) is 1. The van der Waals surface area contributed by atoms with Gasteiger partial charge in [0.15, 0.2) is 5.13 Å². The quantitative estimate of drug-likeness (QED) is 0.402. The summed E-state index contributed by atoms with van der Waals surface area (Å²) in [5, 5.41) is 13.0. The summed E-state index contributed by atoms with van der Waals surface area (Å²) in [6.07, 6.45) is 6.80. The lowest BCUT2D eigenvalue weighted by Gasteiger charge is -2.17. The fourth-order valence-corrected chi connectivity index (χ4v) is 2.30. The van der Waals surface area contributed by atoms with E-state index >= 15 is 0 Å². The van der Waals surface area contributed by atoms with E-state index < -0.39 is 10.8 Å². The number of benzene rings is 1. The summed E-state index contributed by atoms with van der Waals surface area (Å²) in [7, 11) is 0. The van der Waals surface area contributed by atoms with Crippen molar-refractivity contribution in [2.45, 2.75) is 0 Å². The molecule has 0 unspecified atom stereocenters. The number of carbonyl (C=O) groups is 1. The van der Waals surface area contributed by atoms with Gasteiger partial charge in [0.1, 0.15) is 5.69 Å². The maximum atomic E-state index is 12.5. The average Bonchev–Trinajstić information content (AvgIpc) is 2.98. The van der Waals surface area contributed by atoms with Crippen LogP contribution in [0.2, 0.25) is 0 Å². The maximum absolute atomic E-state index is 12.5. The summed E-state index contributed by atoms with van der Waals surface area (Å²) in [6.45, 7) is 0.0184. The van der Waals surface area contributed by atoms with E-state index in [1.54, 1.807) is 11.6 Å². The molecule has 0 radical (unpaired) electrons. The molecule has 1 aromatic carbocycles. The molecule has 0 saturated carbocycles. The maximum Gasteiger partial charge on any atom is 0.292 e. The minimum Gasteiger partial charge on any atom is -0.393 e. The second kappa shape index (κ2) is 6.02. The number of carbonyl (C=O) groups excluding carboxylic acids is 1. The molecule has 106 valence electrons. The van der Waals surface area contributed by atoms with Crippen LogP contribution in [0.1, 0.15) is 10.4 Å². The van der Waals surface area contributed by atoms with Crippen molar-refractivity contribution in [1.29, 1.82) is 0 Å². The van der Waals surface area contributed by atoms with Crippen LogP contribution >= 0.6 is 11.3 Å². The number of hydrogen-bond acceptors (Lipinski definition) is 6. The Morgan fingerprint density at radius 3 is 2.90 bits per heavy atom.